The molecule has 0 saturated heterocycles. The van der Waals surface area contributed by atoms with Gasteiger partial charge in [-0.1, -0.05) is 0 Å². The molecule has 19 heavy (non-hydrogen) atoms. The van der Waals surface area contributed by atoms with Crippen LogP contribution < -0.4 is 0 Å². The van der Waals surface area contributed by atoms with E-state index >= 15 is 0 Å². The van der Waals surface area contributed by atoms with Crippen LogP contribution in [-0.4, -0.2) is 66.7 Å². The summed E-state index contributed by atoms with van der Waals surface area (Å²) < 4.78 is 32.8. The SMILES string of the molecule is C[Si](C)O[Si]O[Si](O[Si]O[Si](C)C)O[Si]O[Si](C)C. The fourth-order valence-electron chi connectivity index (χ4n) is 0.477. The predicted octanol–water partition coefficient (Wildman–Crippen LogP) is 0.427. The quantitative estimate of drug-likeness (QED) is 0.456. The third kappa shape index (κ3) is 15.5. The van der Waals surface area contributed by atoms with Crippen LogP contribution in [0, 0.1) is 0 Å². The van der Waals surface area contributed by atoms with Gasteiger partial charge >= 0.3 is 39.5 Å². The molecular weight excluding hydrogens is 365 g/mol. The molecule has 0 fully saturated rings. The van der Waals surface area contributed by atoms with Crippen LogP contribution in [0.4, 0.5) is 0 Å². The monoisotopic (exact) mass is 382 g/mol. The van der Waals surface area contributed by atoms with E-state index in [9.17, 15) is 0 Å². The maximum absolute atomic E-state index is 5.48. The summed E-state index contributed by atoms with van der Waals surface area (Å²) in [7, 11) is -4.20. The van der Waals surface area contributed by atoms with Gasteiger partial charge in [0.2, 0.25) is 0 Å². The Morgan fingerprint density at radius 3 is 0.947 bits per heavy atom. The summed E-state index contributed by atoms with van der Waals surface area (Å²) in [6.07, 6.45) is 0. The molecule has 0 heterocycles. The Kier molecular flexibility index (Phi) is 13.8. The molecule has 0 aliphatic rings. The minimum atomic E-state index is -1.82. The topological polar surface area (TPSA) is 55.4 Å². The summed E-state index contributed by atoms with van der Waals surface area (Å²) in [5.41, 5.74) is 0. The molecule has 6 nitrogen and oxygen atoms in total. The fourth-order valence-corrected chi connectivity index (χ4v) is 6.54. The molecule has 0 amide bonds. The first kappa shape index (κ1) is 20.3. The summed E-state index contributed by atoms with van der Waals surface area (Å²) in [4.78, 5) is 0. The lowest BCUT2D eigenvalue weighted by atomic mass is 11.9. The third-order valence-corrected chi connectivity index (χ3v) is 10.0. The highest BCUT2D eigenvalue weighted by Crippen LogP contribution is 1.94. The zero-order valence-electron chi connectivity index (χ0n) is 11.9. The van der Waals surface area contributed by atoms with Gasteiger partial charge in [-0.2, -0.15) is 0 Å². The van der Waals surface area contributed by atoms with Crippen LogP contribution >= 0.6 is 0 Å². The molecule has 0 saturated carbocycles. The molecule has 0 aliphatic heterocycles. The molecule has 106 valence electrons. The molecule has 0 unspecified atom stereocenters. The highest BCUT2D eigenvalue weighted by Gasteiger charge is 2.23. The first-order chi connectivity index (χ1) is 8.91. The van der Waals surface area contributed by atoms with Crippen LogP contribution in [0.15, 0.2) is 0 Å². The zero-order chi connectivity index (χ0) is 14.7. The lowest BCUT2D eigenvalue weighted by molar-refractivity contribution is 0.277. The lowest BCUT2D eigenvalue weighted by Gasteiger charge is -2.15. The summed E-state index contributed by atoms with van der Waals surface area (Å²) in [6, 6.07) is 0. The van der Waals surface area contributed by atoms with E-state index in [1.54, 1.807) is 0 Å². The predicted molar refractivity (Wildman–Crippen MR) is 82.0 cm³/mol. The Morgan fingerprint density at radius 1 is 0.474 bits per heavy atom. The number of rotatable bonds is 12. The van der Waals surface area contributed by atoms with Crippen LogP contribution in [0.1, 0.15) is 0 Å². The Bertz CT molecular complexity index is 175. The van der Waals surface area contributed by atoms with E-state index in [2.05, 4.69) is 39.3 Å². The average molecular weight is 383 g/mol. The van der Waals surface area contributed by atoms with Crippen molar-refractivity contribution in [1.29, 1.82) is 0 Å². The molecule has 0 aromatic carbocycles. The van der Waals surface area contributed by atoms with Crippen molar-refractivity contribution in [2.24, 2.45) is 0 Å². The summed E-state index contributed by atoms with van der Waals surface area (Å²) >= 11 is 0. The van der Waals surface area contributed by atoms with Crippen LogP contribution in [0.2, 0.25) is 39.3 Å². The Labute approximate surface area is 130 Å². The normalized spacial score (nSPS) is 12.3. The first-order valence-electron chi connectivity index (χ1n) is 5.45. The van der Waals surface area contributed by atoms with E-state index in [1.165, 1.54) is 0 Å². The van der Waals surface area contributed by atoms with Gasteiger partial charge in [0.05, 0.1) is 0 Å². The molecular formula is C6H18O6Si7. The van der Waals surface area contributed by atoms with Crippen molar-refractivity contribution in [3.8, 4) is 0 Å². The standard InChI is InChI=1S/C6H18O6Si7/c1-16(2)7-13-10-19(11-14-8-17(3)4)12-15-9-18(5)6/h1-6H3. The van der Waals surface area contributed by atoms with Crippen molar-refractivity contribution < 1.29 is 24.7 Å². The molecule has 0 aromatic heterocycles. The van der Waals surface area contributed by atoms with Crippen molar-refractivity contribution in [2.75, 3.05) is 0 Å². The Balaban J connectivity index is 3.85. The largest absolute Gasteiger partial charge is 0.548 e. The molecule has 13 heteroatoms. The van der Waals surface area contributed by atoms with E-state index in [4.69, 9.17) is 24.7 Å². The average Bonchev–Trinajstić information content (AvgIpc) is 2.26. The maximum atomic E-state index is 5.48. The zero-order valence-corrected chi connectivity index (χ0v) is 18.9. The van der Waals surface area contributed by atoms with Crippen molar-refractivity contribution in [1.82, 2.24) is 0 Å². The second-order valence-electron chi connectivity index (χ2n) is 3.84. The molecule has 10 radical (unpaired) electrons. The second kappa shape index (κ2) is 13.0. The van der Waals surface area contributed by atoms with Crippen LogP contribution in [0.25, 0.3) is 0 Å². The molecule has 0 aromatic rings. The summed E-state index contributed by atoms with van der Waals surface area (Å²) in [5.74, 6) is 0. The molecule has 0 atom stereocenters. The van der Waals surface area contributed by atoms with E-state index in [0.717, 1.165) is 0 Å². The van der Waals surface area contributed by atoms with Gasteiger partial charge in [0.25, 0.3) is 0 Å². The molecule has 0 aliphatic carbocycles. The van der Waals surface area contributed by atoms with Gasteiger partial charge in [0.1, 0.15) is 0 Å². The second-order valence-corrected chi connectivity index (χ2v) is 15.2. The minimum Gasteiger partial charge on any atom is -0.435 e. The molecule has 0 rings (SSSR count). The van der Waals surface area contributed by atoms with Crippen LogP contribution in [0.5, 0.6) is 0 Å². The van der Waals surface area contributed by atoms with Gasteiger partial charge in [-0.25, -0.2) is 0 Å². The van der Waals surface area contributed by atoms with Gasteiger partial charge in [-0.3, -0.25) is 0 Å². The van der Waals surface area contributed by atoms with Gasteiger partial charge in [0.15, 0.2) is 27.1 Å². The van der Waals surface area contributed by atoms with Crippen molar-refractivity contribution in [3.63, 3.8) is 0 Å². The smallest absolute Gasteiger partial charge is 0.435 e. The minimum absolute atomic E-state index is 0.0406. The molecule has 0 spiro atoms. The van der Waals surface area contributed by atoms with Crippen LogP contribution in [0.3, 0.4) is 0 Å². The number of hydrogen-bond acceptors (Lipinski definition) is 6. The summed E-state index contributed by atoms with van der Waals surface area (Å²) in [5, 5.41) is 0. The van der Waals surface area contributed by atoms with E-state index in [0.29, 0.717) is 0 Å². The van der Waals surface area contributed by atoms with E-state index in [-0.39, 0.29) is 30.0 Å². The van der Waals surface area contributed by atoms with Crippen LogP contribution in [-0.2, 0) is 24.7 Å². The Hall–Kier alpha value is 1.28. The van der Waals surface area contributed by atoms with Gasteiger partial charge < -0.3 is 24.7 Å². The van der Waals surface area contributed by atoms with Gasteiger partial charge in [-0.05, 0) is 39.3 Å². The van der Waals surface area contributed by atoms with E-state index in [1.807, 2.05) is 0 Å². The third-order valence-electron chi connectivity index (χ3n) is 1.11. The first-order valence-corrected chi connectivity index (χ1v) is 16.3. The van der Waals surface area contributed by atoms with Crippen molar-refractivity contribution in [3.05, 3.63) is 0 Å². The highest BCUT2D eigenvalue weighted by molar-refractivity contribution is 6.63. The molecule has 0 bridgehead atoms. The molecule has 0 N–H and O–H groups in total. The fraction of sp³-hybridized carbons (Fsp3) is 1.00. The van der Waals surface area contributed by atoms with Gasteiger partial charge in [-0.15, -0.1) is 0 Å². The Morgan fingerprint density at radius 2 is 0.737 bits per heavy atom. The van der Waals surface area contributed by atoms with Gasteiger partial charge in [0, 0.05) is 0 Å². The maximum Gasteiger partial charge on any atom is 0.548 e. The lowest BCUT2D eigenvalue weighted by Crippen LogP contribution is -2.36. The number of hydrogen-bond donors (Lipinski definition) is 0. The highest BCUT2D eigenvalue weighted by atomic mass is 28.5. The van der Waals surface area contributed by atoms with Crippen molar-refractivity contribution >= 4 is 66.7 Å². The van der Waals surface area contributed by atoms with Crippen molar-refractivity contribution in [2.45, 2.75) is 39.3 Å². The van der Waals surface area contributed by atoms with E-state index < -0.39 is 36.6 Å². The summed E-state index contributed by atoms with van der Waals surface area (Å²) in [6.45, 7) is 12.3.